The topological polar surface area (TPSA) is 107 Å². The van der Waals surface area contributed by atoms with Gasteiger partial charge in [-0.05, 0) is 25.8 Å². The second-order valence-corrected chi connectivity index (χ2v) is 8.18. The molecule has 9 nitrogen and oxygen atoms in total. The zero-order valence-corrected chi connectivity index (χ0v) is 17.5. The van der Waals surface area contributed by atoms with Gasteiger partial charge in [0, 0.05) is 62.6 Å². The molecular weight excluding hydrogens is 427 g/mol. The normalized spacial score (nSPS) is 22.4. The van der Waals surface area contributed by atoms with Crippen LogP contribution in [0.1, 0.15) is 37.1 Å². The van der Waals surface area contributed by atoms with Crippen molar-refractivity contribution in [3.63, 3.8) is 0 Å². The molecule has 32 heavy (non-hydrogen) atoms. The van der Waals surface area contributed by atoms with Crippen LogP contribution in [0.15, 0.2) is 29.3 Å². The van der Waals surface area contributed by atoms with Crippen LogP contribution in [-0.4, -0.2) is 63.2 Å². The monoisotopic (exact) mass is 451 g/mol. The number of H-pyrrole nitrogens is 1. The summed E-state index contributed by atoms with van der Waals surface area (Å²) in [4.78, 5) is 35.1. The van der Waals surface area contributed by atoms with Crippen LogP contribution in [-0.2, 0) is 11.0 Å². The number of alkyl halides is 3. The molecule has 12 heteroatoms. The summed E-state index contributed by atoms with van der Waals surface area (Å²) in [6.07, 6.45) is -1.44. The number of aromatic nitrogens is 4. The van der Waals surface area contributed by atoms with E-state index in [0.29, 0.717) is 26.2 Å². The summed E-state index contributed by atoms with van der Waals surface area (Å²) in [6, 6.07) is 3.27. The third-order valence-corrected chi connectivity index (χ3v) is 5.96. The maximum Gasteiger partial charge on any atom is 0.419 e. The predicted octanol–water partition coefficient (Wildman–Crippen LogP) is 1.36. The summed E-state index contributed by atoms with van der Waals surface area (Å²) in [7, 11) is 0. The number of anilines is 1. The lowest BCUT2D eigenvalue weighted by Gasteiger charge is -2.41. The van der Waals surface area contributed by atoms with E-state index in [9.17, 15) is 22.8 Å². The smallest absolute Gasteiger partial charge is 0.339 e. The van der Waals surface area contributed by atoms with Crippen molar-refractivity contribution in [2.24, 2.45) is 5.92 Å². The number of amides is 1. The van der Waals surface area contributed by atoms with Crippen molar-refractivity contribution in [3.05, 3.63) is 46.1 Å². The van der Waals surface area contributed by atoms with Gasteiger partial charge in [0.25, 0.3) is 5.56 Å². The lowest BCUT2D eigenvalue weighted by Crippen LogP contribution is -2.54. The molecule has 2 aliphatic rings. The van der Waals surface area contributed by atoms with Gasteiger partial charge in [0.1, 0.15) is 0 Å². The Morgan fingerprint density at radius 3 is 2.38 bits per heavy atom. The third-order valence-electron chi connectivity index (χ3n) is 5.96. The molecule has 2 N–H and O–H groups in total. The lowest BCUT2D eigenvalue weighted by atomic mass is 9.78. The minimum atomic E-state index is -4.46. The molecule has 1 unspecified atom stereocenters. The van der Waals surface area contributed by atoms with Gasteiger partial charge in [-0.1, -0.05) is 0 Å². The van der Waals surface area contributed by atoms with Gasteiger partial charge in [-0.15, -0.1) is 0 Å². The van der Waals surface area contributed by atoms with Gasteiger partial charge in [-0.25, -0.2) is 15.1 Å². The van der Waals surface area contributed by atoms with Gasteiger partial charge in [0.2, 0.25) is 11.9 Å². The number of nitrogens with one attached hydrogen (secondary N) is 2. The molecule has 3 heterocycles. The highest BCUT2D eigenvalue weighted by atomic mass is 19.4. The number of carbonyl (C=O) groups excluding carboxylic acids is 1. The minimum absolute atomic E-state index is 0.0415. The van der Waals surface area contributed by atoms with E-state index in [-0.39, 0.29) is 35.4 Å². The van der Waals surface area contributed by atoms with Gasteiger partial charge < -0.3 is 15.1 Å². The van der Waals surface area contributed by atoms with Gasteiger partial charge in [0.05, 0.1) is 11.3 Å². The van der Waals surface area contributed by atoms with Gasteiger partial charge in [-0.3, -0.25) is 9.59 Å². The summed E-state index contributed by atoms with van der Waals surface area (Å²) in [5, 5.41) is 9.86. The Bertz CT molecular complexity index is 977. The molecule has 172 valence electrons. The first-order chi connectivity index (χ1) is 15.2. The van der Waals surface area contributed by atoms with Crippen molar-refractivity contribution in [1.82, 2.24) is 30.4 Å². The Morgan fingerprint density at radius 2 is 1.81 bits per heavy atom. The fraction of sp³-hybridized carbons (Fsp3) is 0.550. The second kappa shape index (κ2) is 8.85. The van der Waals surface area contributed by atoms with Crippen molar-refractivity contribution in [1.29, 1.82) is 0 Å². The molecule has 0 bridgehead atoms. The zero-order chi connectivity index (χ0) is 22.9. The predicted molar refractivity (Wildman–Crippen MR) is 109 cm³/mol. The van der Waals surface area contributed by atoms with Crippen molar-refractivity contribution < 1.29 is 18.0 Å². The summed E-state index contributed by atoms with van der Waals surface area (Å²) < 4.78 is 38.0. The summed E-state index contributed by atoms with van der Waals surface area (Å²) >= 11 is 0. The van der Waals surface area contributed by atoms with E-state index in [4.69, 9.17) is 0 Å². The van der Waals surface area contributed by atoms with Gasteiger partial charge in [0.15, 0.2) is 0 Å². The molecule has 4 rings (SSSR count). The third kappa shape index (κ3) is 4.90. The van der Waals surface area contributed by atoms with Crippen LogP contribution < -0.4 is 15.8 Å². The lowest BCUT2D eigenvalue weighted by molar-refractivity contribution is -0.139. The van der Waals surface area contributed by atoms with E-state index >= 15 is 0 Å². The first-order valence-electron chi connectivity index (χ1n) is 10.5. The molecule has 1 saturated heterocycles. The van der Waals surface area contributed by atoms with E-state index < -0.39 is 11.7 Å². The maximum atomic E-state index is 12.8. The van der Waals surface area contributed by atoms with Crippen LogP contribution in [0.4, 0.5) is 19.1 Å². The Kier molecular flexibility index (Phi) is 6.13. The molecule has 2 aromatic rings. The summed E-state index contributed by atoms with van der Waals surface area (Å²) in [5.74, 6) is 0.297. The molecule has 1 aliphatic heterocycles. The molecule has 1 atom stereocenters. The Labute approximate surface area is 182 Å². The van der Waals surface area contributed by atoms with Crippen LogP contribution >= 0.6 is 0 Å². The van der Waals surface area contributed by atoms with Gasteiger partial charge in [-0.2, -0.15) is 18.3 Å². The number of hydrogen-bond acceptors (Lipinski definition) is 7. The van der Waals surface area contributed by atoms with E-state index in [2.05, 4.69) is 25.5 Å². The van der Waals surface area contributed by atoms with E-state index in [1.165, 1.54) is 6.07 Å². The fourth-order valence-electron chi connectivity index (χ4n) is 4.01. The number of hydrogen-bond donors (Lipinski definition) is 2. The van der Waals surface area contributed by atoms with E-state index in [0.717, 1.165) is 30.9 Å². The van der Waals surface area contributed by atoms with Crippen LogP contribution in [0.2, 0.25) is 0 Å². The van der Waals surface area contributed by atoms with Crippen LogP contribution in [0, 0.1) is 5.92 Å². The number of piperazine rings is 1. The molecule has 0 aromatic carbocycles. The van der Waals surface area contributed by atoms with E-state index in [1.54, 1.807) is 15.9 Å². The SMILES string of the molecule is CC(NC1CC(C(=O)N2CCN(c3ncc(C(F)(F)F)cn3)CC2)C1)c1ccc(=O)[nH]n1. The molecule has 0 radical (unpaired) electrons. The first kappa shape index (κ1) is 22.2. The highest BCUT2D eigenvalue weighted by Crippen LogP contribution is 2.32. The highest BCUT2D eigenvalue weighted by Gasteiger charge is 2.38. The van der Waals surface area contributed by atoms with Crippen LogP contribution in [0.5, 0.6) is 0 Å². The highest BCUT2D eigenvalue weighted by molar-refractivity contribution is 5.80. The molecule has 1 amide bonds. The molecule has 1 saturated carbocycles. The Balaban J connectivity index is 1.22. The van der Waals surface area contributed by atoms with Crippen molar-refractivity contribution in [2.75, 3.05) is 31.1 Å². The molecule has 2 fully saturated rings. The number of halogens is 3. The van der Waals surface area contributed by atoms with E-state index in [1.807, 2.05) is 6.92 Å². The van der Waals surface area contributed by atoms with Crippen molar-refractivity contribution in [2.45, 2.75) is 38.0 Å². The number of carbonyl (C=O) groups is 1. The Hall–Kier alpha value is -3.02. The summed E-state index contributed by atoms with van der Waals surface area (Å²) in [5.41, 5.74) is -0.393. The van der Waals surface area contributed by atoms with Crippen molar-refractivity contribution in [3.8, 4) is 0 Å². The zero-order valence-electron chi connectivity index (χ0n) is 17.5. The molecule has 0 spiro atoms. The minimum Gasteiger partial charge on any atom is -0.339 e. The number of aromatic amines is 1. The van der Waals surface area contributed by atoms with Crippen molar-refractivity contribution >= 4 is 11.9 Å². The molecular formula is C20H24F3N7O2. The largest absolute Gasteiger partial charge is 0.419 e. The first-order valence-corrected chi connectivity index (χ1v) is 10.5. The number of nitrogens with zero attached hydrogens (tertiary/aromatic N) is 5. The fourth-order valence-corrected chi connectivity index (χ4v) is 4.01. The summed E-state index contributed by atoms with van der Waals surface area (Å²) in [6.45, 7) is 3.87. The quantitative estimate of drug-likeness (QED) is 0.707. The van der Waals surface area contributed by atoms with Crippen LogP contribution in [0.3, 0.4) is 0 Å². The average Bonchev–Trinajstić information content (AvgIpc) is 2.75. The van der Waals surface area contributed by atoms with Crippen LogP contribution in [0.25, 0.3) is 0 Å². The maximum absolute atomic E-state index is 12.8. The Morgan fingerprint density at radius 1 is 1.16 bits per heavy atom. The number of rotatable bonds is 5. The standard InChI is InChI=1S/C20H24F3N7O2/c1-12(16-2-3-17(31)28-27-16)26-15-8-13(9-15)18(32)29-4-6-30(7-5-29)19-24-10-14(11-25-19)20(21,22)23/h2-3,10-13,15,26H,4-9H2,1H3,(H,28,31). The molecule has 1 aliphatic carbocycles. The van der Waals surface area contributed by atoms with Gasteiger partial charge >= 0.3 is 6.18 Å². The average molecular weight is 451 g/mol. The second-order valence-electron chi connectivity index (χ2n) is 8.18. The molecule has 2 aromatic heterocycles.